The lowest BCUT2D eigenvalue weighted by molar-refractivity contribution is -0.384. The minimum absolute atomic E-state index is 0.0139. The summed E-state index contributed by atoms with van der Waals surface area (Å²) in [5, 5.41) is 13.7. The predicted octanol–water partition coefficient (Wildman–Crippen LogP) is 5.28. The van der Waals surface area contributed by atoms with Crippen molar-refractivity contribution >= 4 is 44.5 Å². The molecular formula is C25H22N4O5S. The molecule has 1 aliphatic carbocycles. The zero-order valence-electron chi connectivity index (χ0n) is 18.6. The van der Waals surface area contributed by atoms with Crippen LogP contribution in [0.2, 0.25) is 0 Å². The second kappa shape index (κ2) is 8.95. The van der Waals surface area contributed by atoms with Crippen molar-refractivity contribution in [3.8, 4) is 0 Å². The third-order valence-corrected chi connectivity index (χ3v) is 7.54. The van der Waals surface area contributed by atoms with E-state index in [1.54, 1.807) is 12.1 Å². The molecule has 178 valence electrons. The molecule has 0 saturated heterocycles. The van der Waals surface area contributed by atoms with E-state index in [0.29, 0.717) is 11.5 Å². The van der Waals surface area contributed by atoms with Gasteiger partial charge in [-0.15, -0.1) is 4.40 Å². The first-order valence-electron chi connectivity index (χ1n) is 11.2. The maximum atomic E-state index is 13.2. The van der Waals surface area contributed by atoms with E-state index in [1.165, 1.54) is 30.3 Å². The Kier molecular flexibility index (Phi) is 5.81. The van der Waals surface area contributed by atoms with E-state index in [4.69, 9.17) is 0 Å². The number of nitrogens with one attached hydrogen (secondary N) is 1. The van der Waals surface area contributed by atoms with Gasteiger partial charge in [0, 0.05) is 35.0 Å². The zero-order chi connectivity index (χ0) is 24.6. The van der Waals surface area contributed by atoms with Crippen LogP contribution in [0.5, 0.6) is 0 Å². The van der Waals surface area contributed by atoms with Crippen LogP contribution in [0.25, 0.3) is 0 Å². The standard InChI is InChI=1S/C25H22N4O5S/c30-25(18-9-6-12-21(15-18)29(31)32)26-19-13-14-22-23(16-19)35(33,34)27-24(17-7-4-5-8-17)28(22)20-10-2-1-3-11-20/h1-3,6,9-17H,4-5,7-8H2,(H,26,30). The molecule has 3 aromatic carbocycles. The molecule has 10 heteroatoms. The van der Waals surface area contributed by atoms with Crippen molar-refractivity contribution in [2.75, 3.05) is 10.2 Å². The Morgan fingerprint density at radius 3 is 2.46 bits per heavy atom. The summed E-state index contributed by atoms with van der Waals surface area (Å²) in [6.45, 7) is 0. The summed E-state index contributed by atoms with van der Waals surface area (Å²) in [6, 6.07) is 19.5. The first-order valence-corrected chi connectivity index (χ1v) is 12.7. The van der Waals surface area contributed by atoms with E-state index in [2.05, 4.69) is 9.71 Å². The maximum Gasteiger partial charge on any atom is 0.286 e. The van der Waals surface area contributed by atoms with Gasteiger partial charge in [-0.05, 0) is 49.2 Å². The molecule has 1 heterocycles. The average molecular weight is 491 g/mol. The molecule has 1 fully saturated rings. The van der Waals surface area contributed by atoms with Crippen molar-refractivity contribution in [2.45, 2.75) is 30.6 Å². The van der Waals surface area contributed by atoms with Crippen molar-refractivity contribution < 1.29 is 18.1 Å². The highest BCUT2D eigenvalue weighted by atomic mass is 32.2. The zero-order valence-corrected chi connectivity index (χ0v) is 19.4. The third-order valence-electron chi connectivity index (χ3n) is 6.23. The molecule has 0 radical (unpaired) electrons. The van der Waals surface area contributed by atoms with Crippen LogP contribution in [0.15, 0.2) is 82.1 Å². The molecule has 5 rings (SSSR count). The summed E-state index contributed by atoms with van der Waals surface area (Å²) in [5.41, 5.74) is 1.41. The van der Waals surface area contributed by atoms with Crippen LogP contribution in [0, 0.1) is 16.0 Å². The fourth-order valence-corrected chi connectivity index (χ4v) is 5.85. The lowest BCUT2D eigenvalue weighted by Crippen LogP contribution is -2.36. The molecule has 0 bridgehead atoms. The van der Waals surface area contributed by atoms with Gasteiger partial charge in [0.25, 0.3) is 21.6 Å². The summed E-state index contributed by atoms with van der Waals surface area (Å²) in [4.78, 5) is 25.0. The topological polar surface area (TPSA) is 122 Å². The first-order chi connectivity index (χ1) is 16.8. The van der Waals surface area contributed by atoms with Crippen molar-refractivity contribution in [3.63, 3.8) is 0 Å². The van der Waals surface area contributed by atoms with Crippen LogP contribution < -0.4 is 10.2 Å². The Morgan fingerprint density at radius 1 is 1.00 bits per heavy atom. The number of hydrogen-bond donors (Lipinski definition) is 1. The minimum Gasteiger partial charge on any atom is -0.322 e. The van der Waals surface area contributed by atoms with Gasteiger partial charge in [0.05, 0.1) is 10.6 Å². The summed E-state index contributed by atoms with van der Waals surface area (Å²) in [5.74, 6) is -0.0159. The molecule has 1 amide bonds. The van der Waals surface area contributed by atoms with Gasteiger partial charge in [-0.1, -0.05) is 37.1 Å². The number of hydrogen-bond acceptors (Lipinski definition) is 6. The number of rotatable bonds is 5. The summed E-state index contributed by atoms with van der Waals surface area (Å²) in [6.07, 6.45) is 3.82. The molecule has 1 saturated carbocycles. The molecule has 35 heavy (non-hydrogen) atoms. The number of carbonyl (C=O) groups is 1. The van der Waals surface area contributed by atoms with Crippen molar-refractivity contribution in [1.29, 1.82) is 0 Å². The van der Waals surface area contributed by atoms with E-state index in [9.17, 15) is 23.3 Å². The second-order valence-electron chi connectivity index (χ2n) is 8.52. The van der Waals surface area contributed by atoms with Gasteiger partial charge in [-0.2, -0.15) is 8.42 Å². The highest BCUT2D eigenvalue weighted by Gasteiger charge is 2.36. The fourth-order valence-electron chi connectivity index (χ4n) is 4.57. The number of nitro benzene ring substituents is 1. The highest BCUT2D eigenvalue weighted by Crippen LogP contribution is 2.42. The van der Waals surface area contributed by atoms with Gasteiger partial charge >= 0.3 is 0 Å². The number of nitro groups is 1. The summed E-state index contributed by atoms with van der Waals surface area (Å²) < 4.78 is 30.7. The molecule has 0 unspecified atom stereocenters. The monoisotopic (exact) mass is 490 g/mol. The number of amidine groups is 1. The first kappa shape index (κ1) is 22.7. The Morgan fingerprint density at radius 2 is 1.74 bits per heavy atom. The number of non-ortho nitro benzene ring substituents is 1. The minimum atomic E-state index is -4.00. The van der Waals surface area contributed by atoms with Crippen LogP contribution in [0.1, 0.15) is 36.0 Å². The number of carbonyl (C=O) groups excluding carboxylic acids is 1. The number of nitrogens with zero attached hydrogens (tertiary/aromatic N) is 3. The maximum absolute atomic E-state index is 13.2. The third kappa shape index (κ3) is 4.40. The molecule has 1 aliphatic heterocycles. The Bertz CT molecular complexity index is 1450. The molecule has 3 aromatic rings. The van der Waals surface area contributed by atoms with E-state index < -0.39 is 20.9 Å². The Hall–Kier alpha value is -4.05. The largest absolute Gasteiger partial charge is 0.322 e. The van der Waals surface area contributed by atoms with Gasteiger partial charge in [0.15, 0.2) is 0 Å². The number of benzene rings is 3. The molecule has 0 atom stereocenters. The Labute approximate surface area is 202 Å². The number of sulfonamides is 1. The van der Waals surface area contributed by atoms with Crippen LogP contribution >= 0.6 is 0 Å². The quantitative estimate of drug-likeness (QED) is 0.384. The van der Waals surface area contributed by atoms with Gasteiger partial charge < -0.3 is 5.32 Å². The number of fused-ring (bicyclic) bond motifs is 1. The molecule has 0 spiro atoms. The molecule has 0 aromatic heterocycles. The van der Waals surface area contributed by atoms with Gasteiger partial charge in [-0.25, -0.2) is 0 Å². The number of anilines is 3. The molecule has 9 nitrogen and oxygen atoms in total. The smallest absolute Gasteiger partial charge is 0.286 e. The number of amides is 1. The Balaban J connectivity index is 1.53. The SMILES string of the molecule is O=C(Nc1ccc2c(c1)S(=O)(=O)N=C(C1CCCC1)N2c1ccccc1)c1cccc([N+](=O)[O-])c1. The fraction of sp³-hybridized carbons (Fsp3) is 0.200. The second-order valence-corrected chi connectivity index (χ2v) is 10.1. The lowest BCUT2D eigenvalue weighted by Gasteiger charge is -2.33. The van der Waals surface area contributed by atoms with Crippen molar-refractivity contribution in [1.82, 2.24) is 0 Å². The van der Waals surface area contributed by atoms with E-state index in [0.717, 1.165) is 31.4 Å². The lowest BCUT2D eigenvalue weighted by atomic mass is 10.0. The van der Waals surface area contributed by atoms with Gasteiger partial charge in [-0.3, -0.25) is 19.8 Å². The van der Waals surface area contributed by atoms with Crippen LogP contribution in [-0.2, 0) is 10.0 Å². The van der Waals surface area contributed by atoms with Gasteiger partial charge in [0.1, 0.15) is 10.7 Å². The molecule has 2 aliphatic rings. The predicted molar refractivity (Wildman–Crippen MR) is 133 cm³/mol. The van der Waals surface area contributed by atoms with E-state index in [1.807, 2.05) is 35.2 Å². The summed E-state index contributed by atoms with van der Waals surface area (Å²) >= 11 is 0. The molecule has 1 N–H and O–H groups in total. The highest BCUT2D eigenvalue weighted by molar-refractivity contribution is 7.90. The van der Waals surface area contributed by atoms with Crippen LogP contribution in [0.3, 0.4) is 0 Å². The normalized spacial score (nSPS) is 16.9. The van der Waals surface area contributed by atoms with Crippen molar-refractivity contribution in [3.05, 3.63) is 88.5 Å². The summed E-state index contributed by atoms with van der Waals surface area (Å²) in [7, 11) is -4.00. The van der Waals surface area contributed by atoms with Crippen molar-refractivity contribution in [2.24, 2.45) is 10.3 Å². The number of para-hydroxylation sites is 1. The van der Waals surface area contributed by atoms with E-state index in [-0.39, 0.29) is 27.8 Å². The van der Waals surface area contributed by atoms with Crippen LogP contribution in [0.4, 0.5) is 22.7 Å². The van der Waals surface area contributed by atoms with Crippen LogP contribution in [-0.4, -0.2) is 25.1 Å². The van der Waals surface area contributed by atoms with E-state index >= 15 is 0 Å². The average Bonchev–Trinajstić information content (AvgIpc) is 3.39. The van der Waals surface area contributed by atoms with Gasteiger partial charge in [0.2, 0.25) is 0 Å². The molecular weight excluding hydrogens is 468 g/mol.